The van der Waals surface area contributed by atoms with E-state index in [0.29, 0.717) is 0 Å². The Morgan fingerprint density at radius 2 is 1.52 bits per heavy atom. The summed E-state index contributed by atoms with van der Waals surface area (Å²) in [5, 5.41) is 8.85. The van der Waals surface area contributed by atoms with Gasteiger partial charge in [-0.1, -0.05) is 30.3 Å². The lowest BCUT2D eigenvalue weighted by atomic mass is 9.97. The van der Waals surface area contributed by atoms with E-state index in [1.54, 1.807) is 0 Å². The van der Waals surface area contributed by atoms with Crippen LogP contribution in [0, 0.1) is 0 Å². The first-order chi connectivity index (χ1) is 10.3. The van der Waals surface area contributed by atoms with Crippen molar-refractivity contribution in [3.8, 4) is 0 Å². The minimum absolute atomic E-state index is 0.0158. The number of halogens is 6. The minimum atomic E-state index is -5.66. The van der Waals surface area contributed by atoms with E-state index in [9.17, 15) is 35.9 Å². The summed E-state index contributed by atoms with van der Waals surface area (Å²) in [5.74, 6) is -5.50. The molecule has 1 amide bonds. The second-order valence-corrected chi connectivity index (χ2v) is 4.75. The summed E-state index contributed by atoms with van der Waals surface area (Å²) in [4.78, 5) is 21.7. The van der Waals surface area contributed by atoms with Crippen molar-refractivity contribution in [2.75, 3.05) is 0 Å². The van der Waals surface area contributed by atoms with Gasteiger partial charge in [-0.3, -0.25) is 4.79 Å². The van der Waals surface area contributed by atoms with Crippen LogP contribution in [0.3, 0.4) is 0 Å². The lowest BCUT2D eigenvalue weighted by Gasteiger charge is -2.39. The molecule has 1 aromatic rings. The lowest BCUT2D eigenvalue weighted by molar-refractivity contribution is -0.245. The van der Waals surface area contributed by atoms with E-state index in [4.69, 9.17) is 5.11 Å². The zero-order chi connectivity index (χ0) is 18.1. The number of carbonyl (C=O) groups is 2. The number of benzene rings is 1. The van der Waals surface area contributed by atoms with Gasteiger partial charge in [0.1, 0.15) is 0 Å². The van der Waals surface area contributed by atoms with Crippen LogP contribution in [0.5, 0.6) is 0 Å². The molecule has 0 fully saturated rings. The first kappa shape index (κ1) is 18.8. The Morgan fingerprint density at radius 1 is 1.04 bits per heavy atom. The molecule has 0 radical (unpaired) electrons. The van der Waals surface area contributed by atoms with Crippen LogP contribution in [0.4, 0.5) is 26.3 Å². The molecule has 1 rings (SSSR count). The lowest BCUT2D eigenvalue weighted by Crippen LogP contribution is -2.65. The van der Waals surface area contributed by atoms with Gasteiger partial charge in [-0.05, 0) is 12.5 Å². The number of rotatable bonds is 4. The molecule has 1 atom stereocenters. The van der Waals surface area contributed by atoms with Crippen molar-refractivity contribution in [3.63, 3.8) is 0 Å². The second-order valence-electron chi connectivity index (χ2n) is 4.75. The van der Waals surface area contributed by atoms with Crippen LogP contribution in [0.1, 0.15) is 12.5 Å². The number of alkyl halides is 6. The van der Waals surface area contributed by atoms with Crippen LogP contribution in [0.2, 0.25) is 0 Å². The third-order valence-corrected chi connectivity index (χ3v) is 3.18. The Bertz CT molecular complexity index is 584. The fourth-order valence-electron chi connectivity index (χ4n) is 1.74. The fraction of sp³-hybridized carbons (Fsp3) is 0.385. The molecule has 1 unspecified atom stereocenters. The molecule has 0 bridgehead atoms. The summed E-state index contributed by atoms with van der Waals surface area (Å²) in [7, 11) is 0. The monoisotopic (exact) mass is 343 g/mol. The molecule has 4 nitrogen and oxygen atoms in total. The van der Waals surface area contributed by atoms with Gasteiger partial charge in [-0.15, -0.1) is 0 Å². The average Bonchev–Trinajstić information content (AvgIpc) is 2.41. The smallest absolute Gasteiger partial charge is 0.471 e. The van der Waals surface area contributed by atoms with Crippen LogP contribution in [-0.2, 0) is 16.1 Å². The summed E-state index contributed by atoms with van der Waals surface area (Å²) in [6.45, 7) is -1.15. The van der Waals surface area contributed by atoms with Crippen LogP contribution in [0.15, 0.2) is 30.3 Å². The van der Waals surface area contributed by atoms with Crippen molar-refractivity contribution >= 4 is 11.9 Å². The number of hydrogen-bond acceptors (Lipinski definition) is 2. The van der Waals surface area contributed by atoms with E-state index < -0.39 is 41.2 Å². The van der Waals surface area contributed by atoms with E-state index in [1.807, 2.05) is 0 Å². The molecule has 0 spiro atoms. The molecular formula is C13H11F6NO3. The van der Waals surface area contributed by atoms with Crippen molar-refractivity contribution in [1.82, 2.24) is 4.90 Å². The van der Waals surface area contributed by atoms with E-state index in [-0.39, 0.29) is 12.5 Å². The van der Waals surface area contributed by atoms with E-state index in [2.05, 4.69) is 0 Å². The van der Waals surface area contributed by atoms with Crippen molar-refractivity contribution in [1.29, 1.82) is 0 Å². The zero-order valence-electron chi connectivity index (χ0n) is 11.6. The average molecular weight is 343 g/mol. The molecule has 23 heavy (non-hydrogen) atoms. The van der Waals surface area contributed by atoms with Gasteiger partial charge in [0.25, 0.3) is 0 Å². The SMILES string of the molecule is CC(C(=O)O)(N(Cc1ccccc1)C(=O)C(F)(F)F)C(F)(F)F. The standard InChI is InChI=1S/C13H11F6NO3/c1-11(10(22)23,13(17,18)19)20(9(21)12(14,15)16)7-8-5-3-2-4-6-8/h2-6H,7H2,1H3,(H,22,23). The highest BCUT2D eigenvalue weighted by atomic mass is 19.4. The number of carboxylic acid groups (broad SMARTS) is 1. The normalized spacial score (nSPS) is 14.9. The van der Waals surface area contributed by atoms with Gasteiger partial charge in [-0.2, -0.15) is 26.3 Å². The van der Waals surface area contributed by atoms with Crippen LogP contribution < -0.4 is 0 Å². The number of carboxylic acids is 1. The van der Waals surface area contributed by atoms with Gasteiger partial charge in [0.05, 0.1) is 0 Å². The molecule has 0 aliphatic carbocycles. The summed E-state index contributed by atoms with van der Waals surface area (Å²) in [6, 6.07) is 6.47. The molecule has 0 aromatic heterocycles. The van der Waals surface area contributed by atoms with Gasteiger partial charge in [0, 0.05) is 6.54 Å². The van der Waals surface area contributed by atoms with Crippen molar-refractivity contribution in [2.24, 2.45) is 0 Å². The first-order valence-electron chi connectivity index (χ1n) is 6.04. The molecule has 1 aromatic carbocycles. The zero-order valence-corrected chi connectivity index (χ0v) is 11.6. The van der Waals surface area contributed by atoms with Crippen molar-refractivity contribution in [3.05, 3.63) is 35.9 Å². The van der Waals surface area contributed by atoms with Crippen LogP contribution in [-0.4, -0.2) is 39.8 Å². The Kier molecular flexibility index (Phi) is 4.97. The molecule has 0 aliphatic heterocycles. The van der Waals surface area contributed by atoms with Gasteiger partial charge < -0.3 is 10.0 Å². The fourth-order valence-corrected chi connectivity index (χ4v) is 1.74. The number of carbonyl (C=O) groups excluding carboxylic acids is 1. The summed E-state index contributed by atoms with van der Waals surface area (Å²) < 4.78 is 77.2. The number of hydrogen-bond donors (Lipinski definition) is 1. The van der Waals surface area contributed by atoms with Gasteiger partial charge in [0.2, 0.25) is 5.54 Å². The topological polar surface area (TPSA) is 57.6 Å². The summed E-state index contributed by atoms with van der Waals surface area (Å²) in [6.07, 6.45) is -11.3. The minimum Gasteiger partial charge on any atom is -0.479 e. The predicted molar refractivity (Wildman–Crippen MR) is 65.1 cm³/mol. The molecule has 0 saturated heterocycles. The van der Waals surface area contributed by atoms with E-state index in [0.717, 1.165) is 0 Å². The third-order valence-electron chi connectivity index (χ3n) is 3.18. The van der Waals surface area contributed by atoms with E-state index >= 15 is 0 Å². The summed E-state index contributed by atoms with van der Waals surface area (Å²) >= 11 is 0. The highest BCUT2D eigenvalue weighted by Crippen LogP contribution is 2.38. The Morgan fingerprint density at radius 3 is 1.87 bits per heavy atom. The maximum Gasteiger partial charge on any atom is 0.471 e. The maximum atomic E-state index is 13.1. The molecule has 10 heteroatoms. The number of amides is 1. The Labute approximate surface area is 126 Å². The Hall–Kier alpha value is -2.26. The molecule has 0 heterocycles. The molecule has 128 valence electrons. The Balaban J connectivity index is 3.44. The highest BCUT2D eigenvalue weighted by molar-refractivity contribution is 5.90. The van der Waals surface area contributed by atoms with Crippen molar-refractivity contribution in [2.45, 2.75) is 31.4 Å². The van der Waals surface area contributed by atoms with Crippen molar-refractivity contribution < 1.29 is 41.0 Å². The quantitative estimate of drug-likeness (QED) is 0.855. The van der Waals surface area contributed by atoms with Gasteiger partial charge >= 0.3 is 24.2 Å². The predicted octanol–water partition coefficient (Wildman–Crippen LogP) is 2.98. The maximum absolute atomic E-state index is 13.1. The second kappa shape index (κ2) is 6.09. The van der Waals surface area contributed by atoms with E-state index in [1.165, 1.54) is 30.3 Å². The molecule has 0 aliphatic rings. The molecular weight excluding hydrogens is 332 g/mol. The molecule has 0 saturated carbocycles. The van der Waals surface area contributed by atoms with Crippen LogP contribution >= 0.6 is 0 Å². The van der Waals surface area contributed by atoms with Crippen LogP contribution in [0.25, 0.3) is 0 Å². The largest absolute Gasteiger partial charge is 0.479 e. The first-order valence-corrected chi connectivity index (χ1v) is 6.04. The molecule has 1 N–H and O–H groups in total. The van der Waals surface area contributed by atoms with Gasteiger partial charge in [-0.25, -0.2) is 4.79 Å². The highest BCUT2D eigenvalue weighted by Gasteiger charge is 2.65. The number of aliphatic carboxylic acids is 1. The summed E-state index contributed by atoms with van der Waals surface area (Å²) in [5.41, 5.74) is -4.11. The number of nitrogens with zero attached hydrogens (tertiary/aromatic N) is 1. The third kappa shape index (κ3) is 3.74. The van der Waals surface area contributed by atoms with Gasteiger partial charge in [0.15, 0.2) is 0 Å².